The largest absolute Gasteiger partial charge is 0.481 e. The minimum absolute atomic E-state index is 0.0769. The SMILES string of the molecule is Cc1cc(C)cc(N(CCC(=O)O)C(N)=O)c1. The van der Waals surface area contributed by atoms with Crippen molar-refractivity contribution in [2.45, 2.75) is 20.3 Å². The van der Waals surface area contributed by atoms with Crippen LogP contribution < -0.4 is 10.6 Å². The van der Waals surface area contributed by atoms with Crippen LogP contribution in [0.5, 0.6) is 0 Å². The smallest absolute Gasteiger partial charge is 0.319 e. The molecule has 0 heterocycles. The van der Waals surface area contributed by atoms with Gasteiger partial charge in [-0.2, -0.15) is 0 Å². The number of carbonyl (C=O) groups excluding carboxylic acids is 1. The number of carboxylic acid groups (broad SMARTS) is 1. The highest BCUT2D eigenvalue weighted by atomic mass is 16.4. The second-order valence-electron chi connectivity index (χ2n) is 3.98. The zero-order chi connectivity index (χ0) is 13.0. The quantitative estimate of drug-likeness (QED) is 0.833. The van der Waals surface area contributed by atoms with E-state index >= 15 is 0 Å². The van der Waals surface area contributed by atoms with Crippen molar-refractivity contribution in [1.82, 2.24) is 0 Å². The summed E-state index contributed by atoms with van der Waals surface area (Å²) in [6, 6.07) is 4.94. The van der Waals surface area contributed by atoms with Crippen molar-refractivity contribution in [2.24, 2.45) is 5.73 Å². The number of aliphatic carboxylic acids is 1. The van der Waals surface area contributed by atoms with Gasteiger partial charge >= 0.3 is 12.0 Å². The highest BCUT2D eigenvalue weighted by Gasteiger charge is 2.14. The normalized spacial score (nSPS) is 10.0. The number of benzene rings is 1. The lowest BCUT2D eigenvalue weighted by Gasteiger charge is -2.20. The molecule has 5 heteroatoms. The molecule has 0 unspecified atom stereocenters. The maximum atomic E-state index is 11.3. The topological polar surface area (TPSA) is 83.6 Å². The molecule has 0 aliphatic rings. The monoisotopic (exact) mass is 236 g/mol. The molecule has 1 rings (SSSR count). The zero-order valence-corrected chi connectivity index (χ0v) is 9.93. The van der Waals surface area contributed by atoms with Crippen molar-refractivity contribution in [1.29, 1.82) is 0 Å². The van der Waals surface area contributed by atoms with Crippen LogP contribution in [0.1, 0.15) is 17.5 Å². The Morgan fingerprint density at radius 3 is 2.18 bits per heavy atom. The fourth-order valence-electron chi connectivity index (χ4n) is 1.68. The Morgan fingerprint density at radius 2 is 1.76 bits per heavy atom. The molecule has 0 aliphatic carbocycles. The molecule has 3 N–H and O–H groups in total. The van der Waals surface area contributed by atoms with Gasteiger partial charge in [-0.05, 0) is 37.1 Å². The Kier molecular flexibility index (Phi) is 4.09. The standard InChI is InChI=1S/C12H16N2O3/c1-8-5-9(2)7-10(6-8)14(12(13)17)4-3-11(15)16/h5-7H,3-4H2,1-2H3,(H2,13,17)(H,15,16). The van der Waals surface area contributed by atoms with E-state index in [0.717, 1.165) is 11.1 Å². The summed E-state index contributed by atoms with van der Waals surface area (Å²) in [5, 5.41) is 8.62. The van der Waals surface area contributed by atoms with Gasteiger partial charge in [-0.3, -0.25) is 9.69 Å². The molecule has 5 nitrogen and oxygen atoms in total. The summed E-state index contributed by atoms with van der Waals surface area (Å²) in [6.45, 7) is 3.90. The lowest BCUT2D eigenvalue weighted by atomic mass is 10.1. The van der Waals surface area contributed by atoms with E-state index < -0.39 is 12.0 Å². The van der Waals surface area contributed by atoms with Crippen molar-refractivity contribution in [3.63, 3.8) is 0 Å². The number of nitrogens with two attached hydrogens (primary N) is 1. The van der Waals surface area contributed by atoms with Crippen LogP contribution in [0.3, 0.4) is 0 Å². The average Bonchev–Trinajstić information content (AvgIpc) is 2.14. The Labute approximate surface area is 99.8 Å². The van der Waals surface area contributed by atoms with E-state index in [0.29, 0.717) is 5.69 Å². The summed E-state index contributed by atoms with van der Waals surface area (Å²) in [6.07, 6.45) is -0.129. The van der Waals surface area contributed by atoms with Gasteiger partial charge in [0.05, 0.1) is 6.42 Å². The molecule has 17 heavy (non-hydrogen) atoms. The number of hydrogen-bond donors (Lipinski definition) is 2. The number of rotatable bonds is 4. The maximum absolute atomic E-state index is 11.3. The second kappa shape index (κ2) is 5.34. The van der Waals surface area contributed by atoms with E-state index in [-0.39, 0.29) is 13.0 Å². The van der Waals surface area contributed by atoms with Crippen molar-refractivity contribution < 1.29 is 14.7 Å². The van der Waals surface area contributed by atoms with Crippen LogP contribution in [0.15, 0.2) is 18.2 Å². The lowest BCUT2D eigenvalue weighted by molar-refractivity contribution is -0.136. The first-order valence-corrected chi connectivity index (χ1v) is 5.27. The van der Waals surface area contributed by atoms with Crippen LogP contribution >= 0.6 is 0 Å². The first-order chi connectivity index (χ1) is 7.90. The number of carbonyl (C=O) groups is 2. The van der Waals surface area contributed by atoms with Crippen LogP contribution in [-0.2, 0) is 4.79 Å². The van der Waals surface area contributed by atoms with Gasteiger partial charge in [-0.1, -0.05) is 6.07 Å². The average molecular weight is 236 g/mol. The van der Waals surface area contributed by atoms with E-state index in [2.05, 4.69) is 0 Å². The van der Waals surface area contributed by atoms with Gasteiger partial charge in [0.2, 0.25) is 0 Å². The number of aryl methyl sites for hydroxylation is 2. The number of hydrogen-bond acceptors (Lipinski definition) is 2. The highest BCUT2D eigenvalue weighted by molar-refractivity contribution is 5.91. The number of primary amides is 1. The molecule has 0 radical (unpaired) electrons. The summed E-state index contributed by atoms with van der Waals surface area (Å²) in [5.41, 5.74) is 7.89. The van der Waals surface area contributed by atoms with E-state index in [9.17, 15) is 9.59 Å². The summed E-state index contributed by atoms with van der Waals surface area (Å²) in [5.74, 6) is -0.958. The molecule has 0 saturated heterocycles. The molecule has 0 atom stereocenters. The number of nitrogens with zero attached hydrogens (tertiary/aromatic N) is 1. The molecule has 0 spiro atoms. The number of carboxylic acids is 1. The maximum Gasteiger partial charge on any atom is 0.319 e. The summed E-state index contributed by atoms with van der Waals surface area (Å²) in [4.78, 5) is 23.1. The molecule has 2 amide bonds. The Hall–Kier alpha value is -2.04. The van der Waals surface area contributed by atoms with Gasteiger partial charge in [-0.25, -0.2) is 4.79 Å². The van der Waals surface area contributed by atoms with Gasteiger partial charge in [0, 0.05) is 12.2 Å². The number of anilines is 1. The molecule has 0 bridgehead atoms. The summed E-state index contributed by atoms with van der Waals surface area (Å²) in [7, 11) is 0. The van der Waals surface area contributed by atoms with Crippen LogP contribution in [0.4, 0.5) is 10.5 Å². The van der Waals surface area contributed by atoms with E-state index in [4.69, 9.17) is 10.8 Å². The fraction of sp³-hybridized carbons (Fsp3) is 0.333. The van der Waals surface area contributed by atoms with Crippen LogP contribution in [-0.4, -0.2) is 23.7 Å². The molecule has 92 valence electrons. The van der Waals surface area contributed by atoms with Crippen molar-refractivity contribution >= 4 is 17.7 Å². The second-order valence-corrected chi connectivity index (χ2v) is 3.98. The van der Waals surface area contributed by atoms with Gasteiger partial charge in [0.25, 0.3) is 0 Å². The Morgan fingerprint density at radius 1 is 1.24 bits per heavy atom. The van der Waals surface area contributed by atoms with E-state index in [1.807, 2.05) is 19.9 Å². The molecule has 0 saturated carbocycles. The van der Waals surface area contributed by atoms with Gasteiger partial charge in [0.15, 0.2) is 0 Å². The molecular formula is C12H16N2O3. The molecule has 0 fully saturated rings. The summed E-state index contributed by atoms with van der Waals surface area (Å²) >= 11 is 0. The van der Waals surface area contributed by atoms with Gasteiger partial charge in [-0.15, -0.1) is 0 Å². The number of urea groups is 1. The fourth-order valence-corrected chi connectivity index (χ4v) is 1.68. The molecular weight excluding hydrogens is 220 g/mol. The molecule has 1 aromatic rings. The molecule has 0 aromatic heterocycles. The van der Waals surface area contributed by atoms with Crippen molar-refractivity contribution in [3.8, 4) is 0 Å². The predicted molar refractivity (Wildman–Crippen MR) is 65.1 cm³/mol. The Balaban J connectivity index is 2.96. The van der Waals surface area contributed by atoms with Crippen LogP contribution in [0.2, 0.25) is 0 Å². The Bertz CT molecular complexity index is 423. The third kappa shape index (κ3) is 3.79. The van der Waals surface area contributed by atoms with Crippen molar-refractivity contribution in [3.05, 3.63) is 29.3 Å². The van der Waals surface area contributed by atoms with Crippen molar-refractivity contribution in [2.75, 3.05) is 11.4 Å². The first kappa shape index (κ1) is 13.0. The number of amides is 2. The summed E-state index contributed by atoms with van der Waals surface area (Å²) < 4.78 is 0. The third-order valence-corrected chi connectivity index (χ3v) is 2.33. The van der Waals surface area contributed by atoms with Gasteiger partial charge < -0.3 is 10.8 Å². The first-order valence-electron chi connectivity index (χ1n) is 5.27. The van der Waals surface area contributed by atoms with Crippen LogP contribution in [0, 0.1) is 13.8 Å². The minimum Gasteiger partial charge on any atom is -0.481 e. The molecule has 1 aromatic carbocycles. The minimum atomic E-state index is -0.958. The van der Waals surface area contributed by atoms with E-state index in [1.165, 1.54) is 4.90 Å². The van der Waals surface area contributed by atoms with Gasteiger partial charge in [0.1, 0.15) is 0 Å². The lowest BCUT2D eigenvalue weighted by Crippen LogP contribution is -2.37. The van der Waals surface area contributed by atoms with Crippen LogP contribution in [0.25, 0.3) is 0 Å². The molecule has 0 aliphatic heterocycles. The third-order valence-electron chi connectivity index (χ3n) is 2.33. The predicted octanol–water partition coefficient (Wildman–Crippen LogP) is 1.66. The zero-order valence-electron chi connectivity index (χ0n) is 9.93. The van der Waals surface area contributed by atoms with E-state index in [1.54, 1.807) is 12.1 Å². The highest BCUT2D eigenvalue weighted by Crippen LogP contribution is 2.18.